The van der Waals surface area contributed by atoms with Gasteiger partial charge in [-0.3, -0.25) is 14.4 Å². The van der Waals surface area contributed by atoms with Crippen molar-refractivity contribution in [1.29, 1.82) is 0 Å². The second-order valence-electron chi connectivity index (χ2n) is 7.10. The van der Waals surface area contributed by atoms with Crippen LogP contribution in [-0.2, 0) is 19.2 Å². The van der Waals surface area contributed by atoms with Gasteiger partial charge in [0.1, 0.15) is 17.6 Å². The van der Waals surface area contributed by atoms with Gasteiger partial charge in [-0.25, -0.2) is 14.5 Å². The van der Waals surface area contributed by atoms with Gasteiger partial charge in [0, 0.05) is 20.0 Å². The summed E-state index contributed by atoms with van der Waals surface area (Å²) in [4.78, 5) is 62.5. The summed E-state index contributed by atoms with van der Waals surface area (Å²) in [6.45, 7) is 4.07. The first kappa shape index (κ1) is 20.7. The summed E-state index contributed by atoms with van der Waals surface area (Å²) in [5.41, 5.74) is -0.939. The Balaban J connectivity index is 2.17. The van der Waals surface area contributed by atoms with Crippen molar-refractivity contribution in [3.63, 3.8) is 0 Å². The minimum atomic E-state index is -1.22. The van der Waals surface area contributed by atoms with Gasteiger partial charge in [0.2, 0.25) is 11.8 Å². The van der Waals surface area contributed by atoms with Crippen molar-refractivity contribution in [2.75, 3.05) is 13.1 Å². The van der Waals surface area contributed by atoms with Crippen molar-refractivity contribution >= 4 is 29.7 Å². The molecule has 0 bridgehead atoms. The second-order valence-corrected chi connectivity index (χ2v) is 7.10. The number of carboxylic acid groups (broad SMARTS) is 1. The van der Waals surface area contributed by atoms with Crippen LogP contribution in [-0.4, -0.2) is 75.3 Å². The number of carbonyl (C=O) groups is 5. The topological polar surface area (TPSA) is 136 Å². The molecule has 2 atom stereocenters. The molecule has 5 amide bonds. The van der Waals surface area contributed by atoms with Gasteiger partial charge in [0.25, 0.3) is 5.91 Å². The van der Waals surface area contributed by atoms with Gasteiger partial charge >= 0.3 is 12.0 Å². The van der Waals surface area contributed by atoms with E-state index in [4.69, 9.17) is 0 Å². The number of imide groups is 1. The lowest BCUT2D eigenvalue weighted by Crippen LogP contribution is -2.55. The molecular formula is C17H26N4O6. The van der Waals surface area contributed by atoms with Crippen molar-refractivity contribution in [3.8, 4) is 0 Å². The Morgan fingerprint density at radius 2 is 1.85 bits per heavy atom. The Kier molecular flexibility index (Phi) is 6.07. The zero-order valence-electron chi connectivity index (χ0n) is 15.8. The Morgan fingerprint density at radius 1 is 1.26 bits per heavy atom. The summed E-state index contributed by atoms with van der Waals surface area (Å²) in [6.07, 6.45) is 2.71. The maximum Gasteiger partial charge on any atom is 0.326 e. The van der Waals surface area contributed by atoms with E-state index in [9.17, 15) is 29.1 Å². The average molecular weight is 382 g/mol. The van der Waals surface area contributed by atoms with E-state index >= 15 is 0 Å². The van der Waals surface area contributed by atoms with Crippen LogP contribution in [0.3, 0.4) is 0 Å². The number of nitrogens with zero attached hydrogens (tertiary/aromatic N) is 2. The number of aliphatic carboxylic acids is 1. The number of hydrogen-bond donors (Lipinski definition) is 3. The van der Waals surface area contributed by atoms with Gasteiger partial charge < -0.3 is 20.6 Å². The molecule has 1 aliphatic carbocycles. The third kappa shape index (κ3) is 4.04. The fourth-order valence-electron chi connectivity index (χ4n) is 3.64. The van der Waals surface area contributed by atoms with Crippen molar-refractivity contribution in [2.45, 2.75) is 64.1 Å². The number of hydrogen-bond acceptors (Lipinski definition) is 5. The van der Waals surface area contributed by atoms with Crippen LogP contribution in [0, 0.1) is 0 Å². The molecule has 2 fully saturated rings. The maximum atomic E-state index is 12.9. The monoisotopic (exact) mass is 382 g/mol. The molecule has 2 aliphatic rings. The third-order valence-electron chi connectivity index (χ3n) is 5.23. The summed E-state index contributed by atoms with van der Waals surface area (Å²) in [6, 6.07) is -2.95. The molecule has 10 heteroatoms. The molecular weight excluding hydrogens is 356 g/mol. The van der Waals surface area contributed by atoms with Gasteiger partial charge in [-0.1, -0.05) is 12.8 Å². The van der Waals surface area contributed by atoms with Crippen LogP contribution >= 0.6 is 0 Å². The number of urea groups is 1. The molecule has 1 saturated carbocycles. The molecule has 1 spiro atoms. The van der Waals surface area contributed by atoms with Crippen LogP contribution in [0.2, 0.25) is 0 Å². The molecule has 150 valence electrons. The molecule has 3 N–H and O–H groups in total. The van der Waals surface area contributed by atoms with E-state index < -0.39 is 41.4 Å². The number of amides is 5. The Hall–Kier alpha value is -2.65. The van der Waals surface area contributed by atoms with Crippen molar-refractivity contribution < 1.29 is 29.1 Å². The predicted molar refractivity (Wildman–Crippen MR) is 93.5 cm³/mol. The highest BCUT2D eigenvalue weighted by molar-refractivity contribution is 6.10. The highest BCUT2D eigenvalue weighted by atomic mass is 16.4. The first-order valence-corrected chi connectivity index (χ1v) is 9.04. The van der Waals surface area contributed by atoms with Crippen LogP contribution in [0.1, 0.15) is 46.5 Å². The molecule has 0 aromatic rings. The number of rotatable bonds is 7. The van der Waals surface area contributed by atoms with E-state index in [-0.39, 0.29) is 19.0 Å². The lowest BCUT2D eigenvalue weighted by atomic mass is 9.97. The molecule has 10 nitrogen and oxygen atoms in total. The highest BCUT2D eigenvalue weighted by Crippen LogP contribution is 2.36. The Morgan fingerprint density at radius 3 is 2.37 bits per heavy atom. The summed E-state index contributed by atoms with van der Waals surface area (Å²) >= 11 is 0. The number of carboxylic acids is 1. The number of carbonyl (C=O) groups excluding carboxylic acids is 4. The zero-order valence-corrected chi connectivity index (χ0v) is 15.8. The first-order valence-electron chi connectivity index (χ1n) is 9.04. The van der Waals surface area contributed by atoms with Crippen LogP contribution < -0.4 is 10.6 Å². The largest absolute Gasteiger partial charge is 0.480 e. The van der Waals surface area contributed by atoms with E-state index in [2.05, 4.69) is 10.6 Å². The van der Waals surface area contributed by atoms with E-state index in [0.717, 1.165) is 22.6 Å². The standard InChI is InChI=1S/C17H26N4O6/c1-10(21-15(26)17(19-16(21)27)6-4-5-7-17)13(23)20(11(2)14(24)25)9-8-18-12(3)22/h10-11H,4-9H2,1-3H3,(H,18,22)(H,19,27)(H,24,25). The lowest BCUT2D eigenvalue weighted by Gasteiger charge is -2.32. The molecule has 0 aromatic carbocycles. The Bertz CT molecular complexity index is 658. The summed E-state index contributed by atoms with van der Waals surface area (Å²) < 4.78 is 0. The van der Waals surface area contributed by atoms with Crippen LogP contribution in [0.4, 0.5) is 4.79 Å². The second kappa shape index (κ2) is 7.93. The van der Waals surface area contributed by atoms with E-state index in [1.165, 1.54) is 20.8 Å². The predicted octanol–water partition coefficient (Wildman–Crippen LogP) is -0.323. The minimum Gasteiger partial charge on any atom is -0.480 e. The molecule has 0 aromatic heterocycles. The van der Waals surface area contributed by atoms with Gasteiger partial charge in [-0.2, -0.15) is 0 Å². The zero-order chi connectivity index (χ0) is 20.4. The summed E-state index contributed by atoms with van der Waals surface area (Å²) in [7, 11) is 0. The minimum absolute atomic E-state index is 0.0506. The third-order valence-corrected chi connectivity index (χ3v) is 5.23. The van der Waals surface area contributed by atoms with Gasteiger partial charge in [0.15, 0.2) is 0 Å². The molecule has 2 unspecified atom stereocenters. The molecule has 1 aliphatic heterocycles. The quantitative estimate of drug-likeness (QED) is 0.516. The van der Waals surface area contributed by atoms with Gasteiger partial charge in [-0.05, 0) is 26.7 Å². The average Bonchev–Trinajstić information content (AvgIpc) is 3.15. The van der Waals surface area contributed by atoms with Gasteiger partial charge in [-0.15, -0.1) is 0 Å². The van der Waals surface area contributed by atoms with Crippen molar-refractivity contribution in [3.05, 3.63) is 0 Å². The van der Waals surface area contributed by atoms with Gasteiger partial charge in [0.05, 0.1) is 0 Å². The van der Waals surface area contributed by atoms with E-state index in [1.54, 1.807) is 0 Å². The maximum absolute atomic E-state index is 12.9. The van der Waals surface area contributed by atoms with Crippen LogP contribution in [0.5, 0.6) is 0 Å². The first-order chi connectivity index (χ1) is 12.6. The van der Waals surface area contributed by atoms with E-state index in [0.29, 0.717) is 12.8 Å². The Labute approximate surface area is 157 Å². The van der Waals surface area contributed by atoms with Crippen LogP contribution in [0.25, 0.3) is 0 Å². The lowest BCUT2D eigenvalue weighted by molar-refractivity contribution is -0.152. The van der Waals surface area contributed by atoms with Crippen molar-refractivity contribution in [2.24, 2.45) is 0 Å². The number of nitrogens with one attached hydrogen (secondary N) is 2. The highest BCUT2D eigenvalue weighted by Gasteiger charge is 2.55. The molecule has 1 heterocycles. The summed E-state index contributed by atoms with van der Waals surface area (Å²) in [5, 5.41) is 14.5. The molecule has 27 heavy (non-hydrogen) atoms. The van der Waals surface area contributed by atoms with E-state index in [1.807, 2.05) is 0 Å². The fourth-order valence-corrected chi connectivity index (χ4v) is 3.64. The van der Waals surface area contributed by atoms with Crippen molar-refractivity contribution in [1.82, 2.24) is 20.4 Å². The SMILES string of the molecule is CC(=O)NCCN(C(=O)C(C)N1C(=O)NC2(CCCC2)C1=O)C(C)C(=O)O. The normalized spacial score (nSPS) is 20.3. The summed E-state index contributed by atoms with van der Waals surface area (Å²) in [5.74, 6) is -2.62. The fraction of sp³-hybridized carbons (Fsp3) is 0.706. The molecule has 0 radical (unpaired) electrons. The smallest absolute Gasteiger partial charge is 0.326 e. The molecule has 2 rings (SSSR count). The molecule has 1 saturated heterocycles. The van der Waals surface area contributed by atoms with Crippen LogP contribution in [0.15, 0.2) is 0 Å².